The second-order valence-electron chi connectivity index (χ2n) is 5.86. The van der Waals surface area contributed by atoms with Crippen molar-refractivity contribution in [1.29, 1.82) is 0 Å². The van der Waals surface area contributed by atoms with Crippen LogP contribution in [0.25, 0.3) is 0 Å². The van der Waals surface area contributed by atoms with E-state index in [2.05, 4.69) is 15.5 Å². The zero-order valence-corrected chi connectivity index (χ0v) is 19.1. The van der Waals surface area contributed by atoms with Crippen molar-refractivity contribution < 1.29 is 9.53 Å². The third-order valence-electron chi connectivity index (χ3n) is 3.61. The molecule has 0 aliphatic rings. The summed E-state index contributed by atoms with van der Waals surface area (Å²) in [6, 6.07) is 10.6. The Hall–Kier alpha value is -1.51. The minimum atomic E-state index is -0.374. The lowest BCUT2D eigenvalue weighted by Crippen LogP contribution is -2.12. The average Bonchev–Trinajstić information content (AvgIpc) is 3.14. The number of rotatable bonds is 8. The number of halogens is 3. The van der Waals surface area contributed by atoms with Crippen LogP contribution in [0.4, 0.5) is 5.13 Å². The Balaban J connectivity index is 1.61. The first-order valence-corrected chi connectivity index (χ1v) is 11.5. The normalized spacial score (nSPS) is 10.8. The highest BCUT2D eigenvalue weighted by atomic mass is 35.5. The fourth-order valence-electron chi connectivity index (χ4n) is 2.25. The van der Waals surface area contributed by atoms with E-state index in [1.54, 1.807) is 0 Å². The molecule has 29 heavy (non-hydrogen) atoms. The van der Waals surface area contributed by atoms with Crippen LogP contribution in [0.5, 0.6) is 5.75 Å². The molecule has 0 saturated heterocycles. The highest BCUT2D eigenvalue weighted by Crippen LogP contribution is 2.35. The standard InChI is InChI=1S/C19H16Cl3N3O2S2/c1-2-7-27-16-14(21)8-12(9-15(16)22)17(26)23-18-24-25-19(29-18)28-10-11-3-5-13(20)6-4-11/h3-6,8-9H,2,7,10H2,1H3,(H,23,24,26). The molecule has 1 N–H and O–H groups in total. The first kappa shape index (κ1) is 22.2. The first-order valence-electron chi connectivity index (χ1n) is 8.60. The molecule has 0 bridgehead atoms. The van der Waals surface area contributed by atoms with Crippen LogP contribution < -0.4 is 10.1 Å². The molecule has 1 amide bonds. The fourth-order valence-corrected chi connectivity index (χ4v) is 4.67. The van der Waals surface area contributed by atoms with Crippen LogP contribution >= 0.6 is 57.9 Å². The smallest absolute Gasteiger partial charge is 0.257 e. The molecule has 1 heterocycles. The Morgan fingerprint density at radius 2 is 1.83 bits per heavy atom. The van der Waals surface area contributed by atoms with E-state index >= 15 is 0 Å². The number of benzene rings is 2. The summed E-state index contributed by atoms with van der Waals surface area (Å²) < 4.78 is 6.26. The highest BCUT2D eigenvalue weighted by molar-refractivity contribution is 8.00. The van der Waals surface area contributed by atoms with E-state index in [-0.39, 0.29) is 16.0 Å². The predicted molar refractivity (Wildman–Crippen MR) is 121 cm³/mol. The number of carbonyl (C=O) groups is 1. The maximum Gasteiger partial charge on any atom is 0.257 e. The minimum Gasteiger partial charge on any atom is -0.490 e. The number of amides is 1. The van der Waals surface area contributed by atoms with Crippen LogP contribution in [-0.2, 0) is 5.75 Å². The van der Waals surface area contributed by atoms with Gasteiger partial charge in [-0.1, -0.05) is 77.0 Å². The summed E-state index contributed by atoms with van der Waals surface area (Å²) in [5.41, 5.74) is 1.43. The van der Waals surface area contributed by atoms with E-state index in [9.17, 15) is 4.79 Å². The van der Waals surface area contributed by atoms with Crippen molar-refractivity contribution >= 4 is 68.9 Å². The molecule has 3 aromatic rings. The summed E-state index contributed by atoms with van der Waals surface area (Å²) in [5, 5.41) is 12.5. The lowest BCUT2D eigenvalue weighted by atomic mass is 10.2. The van der Waals surface area contributed by atoms with Crippen LogP contribution in [0, 0.1) is 0 Å². The van der Waals surface area contributed by atoms with Gasteiger partial charge < -0.3 is 4.74 Å². The molecule has 0 aliphatic carbocycles. The molecule has 5 nitrogen and oxygen atoms in total. The molecule has 2 aromatic carbocycles. The first-order chi connectivity index (χ1) is 14.0. The Kier molecular flexibility index (Phi) is 8.03. The Morgan fingerprint density at radius 3 is 2.48 bits per heavy atom. The van der Waals surface area contributed by atoms with Crippen LogP contribution in [0.1, 0.15) is 29.3 Å². The summed E-state index contributed by atoms with van der Waals surface area (Å²) >= 11 is 21.1. The van der Waals surface area contributed by atoms with Gasteiger partial charge in [-0.2, -0.15) is 0 Å². The van der Waals surface area contributed by atoms with Crippen molar-refractivity contribution in [1.82, 2.24) is 10.2 Å². The number of ether oxygens (including phenoxy) is 1. The van der Waals surface area contributed by atoms with Gasteiger partial charge in [-0.15, -0.1) is 10.2 Å². The number of hydrogen-bond donors (Lipinski definition) is 1. The van der Waals surface area contributed by atoms with E-state index in [1.807, 2.05) is 31.2 Å². The van der Waals surface area contributed by atoms with Crippen LogP contribution in [-0.4, -0.2) is 22.7 Å². The number of nitrogens with zero attached hydrogens (tertiary/aromatic N) is 2. The summed E-state index contributed by atoms with van der Waals surface area (Å²) in [7, 11) is 0. The average molecular weight is 489 g/mol. The molecule has 0 unspecified atom stereocenters. The van der Waals surface area contributed by atoms with Gasteiger partial charge in [-0.05, 0) is 36.2 Å². The van der Waals surface area contributed by atoms with Gasteiger partial charge in [0, 0.05) is 16.3 Å². The summed E-state index contributed by atoms with van der Waals surface area (Å²) in [5.74, 6) is 0.731. The van der Waals surface area contributed by atoms with Crippen LogP contribution in [0.2, 0.25) is 15.1 Å². The van der Waals surface area contributed by atoms with Gasteiger partial charge in [0.25, 0.3) is 5.91 Å². The largest absolute Gasteiger partial charge is 0.490 e. The Labute approximate surface area is 191 Å². The third kappa shape index (κ3) is 6.23. The Morgan fingerprint density at radius 1 is 1.14 bits per heavy atom. The maximum atomic E-state index is 12.5. The van der Waals surface area contributed by atoms with Gasteiger partial charge in [0.1, 0.15) is 0 Å². The van der Waals surface area contributed by atoms with E-state index in [0.29, 0.717) is 28.1 Å². The van der Waals surface area contributed by atoms with Crippen LogP contribution in [0.3, 0.4) is 0 Å². The van der Waals surface area contributed by atoms with Gasteiger partial charge >= 0.3 is 0 Å². The fraction of sp³-hybridized carbons (Fsp3) is 0.211. The molecule has 0 fully saturated rings. The number of nitrogens with one attached hydrogen (secondary N) is 1. The second-order valence-corrected chi connectivity index (χ2v) is 9.31. The predicted octanol–water partition coefficient (Wildman–Crippen LogP) is 6.83. The summed E-state index contributed by atoms with van der Waals surface area (Å²) in [4.78, 5) is 12.5. The molecule has 0 aliphatic heterocycles. The van der Waals surface area contributed by atoms with Crippen molar-refractivity contribution in [2.24, 2.45) is 0 Å². The molecule has 3 rings (SSSR count). The lowest BCUT2D eigenvalue weighted by Gasteiger charge is -2.10. The monoisotopic (exact) mass is 487 g/mol. The van der Waals surface area contributed by atoms with Crippen molar-refractivity contribution in [3.63, 3.8) is 0 Å². The third-order valence-corrected chi connectivity index (χ3v) is 6.47. The molecule has 0 spiro atoms. The summed E-state index contributed by atoms with van der Waals surface area (Å²) in [6.07, 6.45) is 0.824. The zero-order chi connectivity index (χ0) is 20.8. The van der Waals surface area contributed by atoms with Crippen LogP contribution in [0.15, 0.2) is 40.7 Å². The van der Waals surface area contributed by atoms with Crippen molar-refractivity contribution in [3.05, 3.63) is 62.6 Å². The molecule has 0 saturated carbocycles. The van der Waals surface area contributed by atoms with E-state index in [4.69, 9.17) is 39.5 Å². The Bertz CT molecular complexity index is 974. The number of carbonyl (C=O) groups excluding carboxylic acids is 1. The topological polar surface area (TPSA) is 64.1 Å². The van der Waals surface area contributed by atoms with Gasteiger partial charge in [-0.25, -0.2) is 0 Å². The number of aromatic nitrogens is 2. The lowest BCUT2D eigenvalue weighted by molar-refractivity contribution is 0.102. The molecule has 0 radical (unpaired) electrons. The second kappa shape index (κ2) is 10.5. The molecule has 152 valence electrons. The SMILES string of the molecule is CCCOc1c(Cl)cc(C(=O)Nc2nnc(SCc3ccc(Cl)cc3)s2)cc1Cl. The van der Waals surface area contributed by atoms with E-state index in [1.165, 1.54) is 35.2 Å². The maximum absolute atomic E-state index is 12.5. The molecular formula is C19H16Cl3N3O2S2. The summed E-state index contributed by atoms with van der Waals surface area (Å²) in [6.45, 7) is 2.47. The van der Waals surface area contributed by atoms with E-state index < -0.39 is 0 Å². The number of hydrogen-bond acceptors (Lipinski definition) is 6. The number of thioether (sulfide) groups is 1. The van der Waals surface area contributed by atoms with E-state index in [0.717, 1.165) is 22.1 Å². The van der Waals surface area contributed by atoms with Crippen molar-refractivity contribution in [2.75, 3.05) is 11.9 Å². The van der Waals surface area contributed by atoms with Crippen molar-refractivity contribution in [3.8, 4) is 5.75 Å². The van der Waals surface area contributed by atoms with Gasteiger partial charge in [-0.3, -0.25) is 10.1 Å². The quantitative estimate of drug-likeness (QED) is 0.278. The van der Waals surface area contributed by atoms with Gasteiger partial charge in [0.2, 0.25) is 5.13 Å². The van der Waals surface area contributed by atoms with Gasteiger partial charge in [0.05, 0.1) is 16.7 Å². The number of anilines is 1. The molecule has 10 heteroatoms. The van der Waals surface area contributed by atoms with Crippen molar-refractivity contribution in [2.45, 2.75) is 23.4 Å². The minimum absolute atomic E-state index is 0.285. The zero-order valence-electron chi connectivity index (χ0n) is 15.2. The molecular weight excluding hydrogens is 473 g/mol. The molecule has 0 atom stereocenters. The molecule has 1 aromatic heterocycles. The highest BCUT2D eigenvalue weighted by Gasteiger charge is 2.16. The van der Waals surface area contributed by atoms with Gasteiger partial charge in [0.15, 0.2) is 10.1 Å².